The molecular weight excluding hydrogens is 356 g/mol. The van der Waals surface area contributed by atoms with E-state index in [1.807, 2.05) is 23.6 Å². The predicted molar refractivity (Wildman–Crippen MR) is 113 cm³/mol. The van der Waals surface area contributed by atoms with Crippen LogP contribution in [-0.2, 0) is 16.0 Å². The maximum Gasteiger partial charge on any atom is 0.250 e. The van der Waals surface area contributed by atoms with E-state index in [9.17, 15) is 4.79 Å². The highest BCUT2D eigenvalue weighted by atomic mass is 16.5. The van der Waals surface area contributed by atoms with Crippen LogP contribution in [0.15, 0.2) is 28.0 Å². The molecule has 1 saturated heterocycles. The van der Waals surface area contributed by atoms with Gasteiger partial charge in [-0.1, -0.05) is 6.07 Å². The van der Waals surface area contributed by atoms with Crippen LogP contribution >= 0.6 is 0 Å². The smallest absolute Gasteiger partial charge is 0.250 e. The van der Waals surface area contributed by atoms with E-state index < -0.39 is 0 Å². The molecule has 1 aliphatic rings. The molecule has 0 radical (unpaired) electrons. The van der Waals surface area contributed by atoms with Gasteiger partial charge >= 0.3 is 0 Å². The summed E-state index contributed by atoms with van der Waals surface area (Å²) in [6.45, 7) is 10.5. The quantitative estimate of drug-likeness (QED) is 0.323. The zero-order valence-corrected chi connectivity index (χ0v) is 17.4. The summed E-state index contributed by atoms with van der Waals surface area (Å²) in [4.78, 5) is 16.5. The molecule has 0 aliphatic carbocycles. The van der Waals surface area contributed by atoms with E-state index >= 15 is 0 Å². The van der Waals surface area contributed by atoms with Gasteiger partial charge in [-0.15, -0.1) is 0 Å². The van der Waals surface area contributed by atoms with Gasteiger partial charge in [0.1, 0.15) is 0 Å². The monoisotopic (exact) mass is 392 g/mol. The van der Waals surface area contributed by atoms with Crippen molar-refractivity contribution in [3.05, 3.63) is 34.2 Å². The molecule has 7 heteroatoms. The van der Waals surface area contributed by atoms with Gasteiger partial charge < -0.3 is 24.7 Å². The van der Waals surface area contributed by atoms with E-state index in [1.165, 1.54) is 0 Å². The molecule has 1 unspecified atom stereocenters. The zero-order valence-electron chi connectivity index (χ0n) is 17.4. The molecule has 0 aromatic carbocycles. The Hall–Kier alpha value is -1.86. The number of pyridine rings is 1. The van der Waals surface area contributed by atoms with E-state index in [-0.39, 0.29) is 5.56 Å². The summed E-state index contributed by atoms with van der Waals surface area (Å²) in [6, 6.07) is 5.40. The lowest BCUT2D eigenvalue weighted by molar-refractivity contribution is 0.0893. The largest absolute Gasteiger partial charge is 0.381 e. The van der Waals surface area contributed by atoms with Crippen LogP contribution in [-0.4, -0.2) is 56.6 Å². The highest BCUT2D eigenvalue weighted by molar-refractivity contribution is 5.79. The van der Waals surface area contributed by atoms with E-state index in [2.05, 4.69) is 22.5 Å². The Morgan fingerprint density at radius 2 is 2.21 bits per heavy atom. The molecule has 7 nitrogen and oxygen atoms in total. The van der Waals surface area contributed by atoms with Gasteiger partial charge in [0.05, 0.1) is 13.2 Å². The fourth-order valence-electron chi connectivity index (χ4n) is 3.18. The zero-order chi connectivity index (χ0) is 20.0. The van der Waals surface area contributed by atoms with Gasteiger partial charge in [-0.3, -0.25) is 9.79 Å². The highest BCUT2D eigenvalue weighted by Gasteiger charge is 2.15. The number of aliphatic imine (C=N–C) groups is 1. The number of nitrogens with one attached hydrogen (secondary N) is 2. The average Bonchev–Trinajstić information content (AvgIpc) is 3.19. The second kappa shape index (κ2) is 13.3. The lowest BCUT2D eigenvalue weighted by Crippen LogP contribution is -2.38. The van der Waals surface area contributed by atoms with Gasteiger partial charge in [-0.25, -0.2) is 0 Å². The minimum absolute atomic E-state index is 0.0746. The van der Waals surface area contributed by atoms with Crippen LogP contribution in [0, 0.1) is 12.8 Å². The van der Waals surface area contributed by atoms with Crippen molar-refractivity contribution >= 4 is 5.96 Å². The van der Waals surface area contributed by atoms with Crippen molar-refractivity contribution in [3.63, 3.8) is 0 Å². The van der Waals surface area contributed by atoms with Crippen molar-refractivity contribution in [2.75, 3.05) is 46.1 Å². The number of rotatable bonds is 12. The Labute approximate surface area is 168 Å². The minimum Gasteiger partial charge on any atom is -0.381 e. The number of ether oxygens (including phenoxy) is 2. The highest BCUT2D eigenvalue weighted by Crippen LogP contribution is 2.12. The minimum atomic E-state index is 0.0746. The average molecular weight is 393 g/mol. The number of aromatic nitrogens is 1. The van der Waals surface area contributed by atoms with E-state index in [0.29, 0.717) is 5.92 Å². The van der Waals surface area contributed by atoms with Crippen molar-refractivity contribution in [1.82, 2.24) is 15.2 Å². The van der Waals surface area contributed by atoms with E-state index in [1.54, 1.807) is 6.07 Å². The van der Waals surface area contributed by atoms with Crippen molar-refractivity contribution < 1.29 is 9.47 Å². The number of hydrogen-bond acceptors (Lipinski definition) is 4. The van der Waals surface area contributed by atoms with Gasteiger partial charge in [0.2, 0.25) is 0 Å². The molecule has 0 bridgehead atoms. The summed E-state index contributed by atoms with van der Waals surface area (Å²) >= 11 is 0. The molecule has 28 heavy (non-hydrogen) atoms. The fourth-order valence-corrected chi connectivity index (χ4v) is 3.18. The normalized spacial score (nSPS) is 17.1. The van der Waals surface area contributed by atoms with Crippen LogP contribution < -0.4 is 16.2 Å². The van der Waals surface area contributed by atoms with Crippen LogP contribution in [0.2, 0.25) is 0 Å². The number of guanidine groups is 1. The fraction of sp³-hybridized carbons (Fsp3) is 0.714. The number of hydrogen-bond donors (Lipinski definition) is 2. The molecule has 1 aromatic rings. The summed E-state index contributed by atoms with van der Waals surface area (Å²) in [5.41, 5.74) is 1.09. The second-order valence-electron chi connectivity index (χ2n) is 7.21. The summed E-state index contributed by atoms with van der Waals surface area (Å²) in [7, 11) is 0. The van der Waals surface area contributed by atoms with Crippen molar-refractivity contribution in [2.24, 2.45) is 10.9 Å². The molecule has 1 aliphatic heterocycles. The lowest BCUT2D eigenvalue weighted by atomic mass is 10.1. The second-order valence-corrected chi connectivity index (χ2v) is 7.21. The lowest BCUT2D eigenvalue weighted by Gasteiger charge is -2.12. The van der Waals surface area contributed by atoms with Gasteiger partial charge in [-0.2, -0.15) is 0 Å². The number of nitrogens with zero attached hydrogens (tertiary/aromatic N) is 2. The first-order valence-corrected chi connectivity index (χ1v) is 10.5. The molecule has 1 aromatic heterocycles. The first-order chi connectivity index (χ1) is 13.7. The Bertz CT molecular complexity index is 639. The topological polar surface area (TPSA) is 76.9 Å². The molecule has 0 amide bonds. The molecule has 2 rings (SSSR count). The Morgan fingerprint density at radius 3 is 2.96 bits per heavy atom. The maximum atomic E-state index is 11.9. The molecule has 1 fully saturated rings. The van der Waals surface area contributed by atoms with Crippen LogP contribution in [0.3, 0.4) is 0 Å². The third-order valence-electron chi connectivity index (χ3n) is 4.81. The Kier molecular flexibility index (Phi) is 10.7. The van der Waals surface area contributed by atoms with Gasteiger partial charge in [-0.05, 0) is 45.6 Å². The third-order valence-corrected chi connectivity index (χ3v) is 4.81. The predicted octanol–water partition coefficient (Wildman–Crippen LogP) is 1.94. The van der Waals surface area contributed by atoms with Gasteiger partial charge in [0.15, 0.2) is 5.96 Å². The standard InChI is InChI=1S/C21H36N4O3/c1-3-22-21(24-12-7-14-27-16-19-10-15-28-17-19)23-11-4-5-13-25-18(2)8-6-9-20(25)26/h6,8-9,19H,3-5,7,10-17H2,1-2H3,(H2,22,23,24). The summed E-state index contributed by atoms with van der Waals surface area (Å²) in [5.74, 6) is 1.41. The van der Waals surface area contributed by atoms with E-state index in [0.717, 1.165) is 89.9 Å². The van der Waals surface area contributed by atoms with Crippen molar-refractivity contribution in [3.8, 4) is 0 Å². The first kappa shape index (κ1) is 22.4. The van der Waals surface area contributed by atoms with Crippen LogP contribution in [0.4, 0.5) is 0 Å². The van der Waals surface area contributed by atoms with E-state index in [4.69, 9.17) is 9.47 Å². The SMILES string of the molecule is CCNC(=NCCCOCC1CCOC1)NCCCCn1c(C)cccc1=O. The molecule has 0 saturated carbocycles. The van der Waals surface area contributed by atoms with Crippen LogP contribution in [0.25, 0.3) is 0 Å². The summed E-state index contributed by atoms with van der Waals surface area (Å²) in [6.07, 6.45) is 3.97. The third kappa shape index (κ3) is 8.44. The molecule has 0 spiro atoms. The molecule has 158 valence electrons. The Morgan fingerprint density at radius 1 is 1.32 bits per heavy atom. The summed E-state index contributed by atoms with van der Waals surface area (Å²) < 4.78 is 12.9. The number of unbranched alkanes of at least 4 members (excludes halogenated alkanes) is 1. The van der Waals surface area contributed by atoms with Crippen LogP contribution in [0.1, 0.15) is 38.3 Å². The number of aryl methyl sites for hydroxylation is 1. The van der Waals surface area contributed by atoms with Crippen LogP contribution in [0.5, 0.6) is 0 Å². The molecule has 2 heterocycles. The molecule has 2 N–H and O–H groups in total. The summed E-state index contributed by atoms with van der Waals surface area (Å²) in [5, 5.41) is 6.64. The van der Waals surface area contributed by atoms with Gasteiger partial charge in [0, 0.05) is 57.1 Å². The molecular formula is C21H36N4O3. The molecule has 1 atom stereocenters. The van der Waals surface area contributed by atoms with Crippen molar-refractivity contribution in [2.45, 2.75) is 46.1 Å². The maximum absolute atomic E-state index is 11.9. The van der Waals surface area contributed by atoms with Crippen molar-refractivity contribution in [1.29, 1.82) is 0 Å². The van der Waals surface area contributed by atoms with Gasteiger partial charge in [0.25, 0.3) is 5.56 Å². The Balaban J connectivity index is 1.57. The first-order valence-electron chi connectivity index (χ1n) is 10.5.